The van der Waals surface area contributed by atoms with E-state index in [0.29, 0.717) is 18.1 Å². The molecule has 0 N–H and O–H groups in total. The van der Waals surface area contributed by atoms with E-state index in [0.717, 1.165) is 10.2 Å². The van der Waals surface area contributed by atoms with Gasteiger partial charge in [0.2, 0.25) is 0 Å². The molecule has 0 aliphatic heterocycles. The normalized spacial score (nSPS) is 10.9. The van der Waals surface area contributed by atoms with Crippen molar-refractivity contribution in [2.45, 2.75) is 13.2 Å². The molecule has 1 amide bonds. The lowest BCUT2D eigenvalue weighted by atomic mass is 10.3. The molecular weight excluding hydrogens is 441 g/mol. The third-order valence-corrected chi connectivity index (χ3v) is 4.84. The molecule has 2 aromatic heterocycles. The Morgan fingerprint density at radius 2 is 2.19 bits per heavy atom. The van der Waals surface area contributed by atoms with Crippen LogP contribution in [0.2, 0.25) is 5.02 Å². The Morgan fingerprint density at radius 3 is 2.85 bits per heavy atom. The summed E-state index contributed by atoms with van der Waals surface area (Å²) in [5, 5.41) is 4.29. The van der Waals surface area contributed by atoms with Crippen LogP contribution in [0.25, 0.3) is 0 Å². The highest BCUT2D eigenvalue weighted by molar-refractivity contribution is 9.10. The van der Waals surface area contributed by atoms with Gasteiger partial charge < -0.3 is 14.1 Å². The Hall–Kier alpha value is -2.32. The first-order valence-corrected chi connectivity index (χ1v) is 9.10. The average Bonchev–Trinajstić information content (AvgIpc) is 3.22. The van der Waals surface area contributed by atoms with Crippen LogP contribution in [0.1, 0.15) is 22.0 Å². The minimum absolute atomic E-state index is 0.0651. The van der Waals surface area contributed by atoms with Crippen LogP contribution in [0.15, 0.2) is 45.4 Å². The molecular formula is C18H16BrClFN3O3. The molecule has 1 aromatic carbocycles. The molecule has 6 nitrogen and oxygen atoms in total. The summed E-state index contributed by atoms with van der Waals surface area (Å²) in [6, 6.07) is 7.09. The summed E-state index contributed by atoms with van der Waals surface area (Å²) in [6.45, 7) is 0.434. The fraction of sp³-hybridized carbons (Fsp3) is 0.222. The number of benzene rings is 1. The van der Waals surface area contributed by atoms with Gasteiger partial charge >= 0.3 is 0 Å². The Morgan fingerprint density at radius 1 is 1.41 bits per heavy atom. The van der Waals surface area contributed by atoms with Gasteiger partial charge in [0.05, 0.1) is 27.9 Å². The summed E-state index contributed by atoms with van der Waals surface area (Å²) in [5.74, 6) is 0.268. The number of amides is 1. The van der Waals surface area contributed by atoms with Gasteiger partial charge in [-0.05, 0) is 46.3 Å². The van der Waals surface area contributed by atoms with Crippen molar-refractivity contribution in [3.63, 3.8) is 0 Å². The molecule has 0 saturated heterocycles. The highest BCUT2D eigenvalue weighted by Gasteiger charge is 2.19. The standard InChI is InChI=1S/C18H16BrClFN3O3/c1-23(9-15-13(19)8-22-24(15)2)18(25)17-6-4-12(27-17)10-26-16-5-3-11(21)7-14(16)20/h3-8H,9-10H2,1-2H3. The number of aromatic nitrogens is 2. The minimum Gasteiger partial charge on any atom is -0.484 e. The van der Waals surface area contributed by atoms with E-state index in [4.69, 9.17) is 20.8 Å². The number of carbonyl (C=O) groups is 1. The number of hydrogen-bond acceptors (Lipinski definition) is 4. The topological polar surface area (TPSA) is 60.5 Å². The van der Waals surface area contributed by atoms with E-state index < -0.39 is 5.82 Å². The van der Waals surface area contributed by atoms with Crippen molar-refractivity contribution >= 4 is 33.4 Å². The minimum atomic E-state index is -0.443. The van der Waals surface area contributed by atoms with E-state index in [1.165, 1.54) is 23.1 Å². The second-order valence-corrected chi connectivity index (χ2v) is 7.11. The maximum absolute atomic E-state index is 13.1. The van der Waals surface area contributed by atoms with E-state index in [1.807, 2.05) is 0 Å². The number of rotatable bonds is 6. The quantitative estimate of drug-likeness (QED) is 0.551. The summed E-state index contributed by atoms with van der Waals surface area (Å²) in [4.78, 5) is 14.1. The predicted molar refractivity (Wildman–Crippen MR) is 101 cm³/mol. The summed E-state index contributed by atoms with van der Waals surface area (Å²) >= 11 is 9.33. The second kappa shape index (κ2) is 8.14. The van der Waals surface area contributed by atoms with Crippen LogP contribution in [0.3, 0.4) is 0 Å². The smallest absolute Gasteiger partial charge is 0.289 e. The van der Waals surface area contributed by atoms with Gasteiger partial charge in [-0.2, -0.15) is 5.10 Å². The molecule has 0 atom stereocenters. The van der Waals surface area contributed by atoms with Crippen molar-refractivity contribution < 1.29 is 18.3 Å². The number of carbonyl (C=O) groups excluding carboxylic acids is 1. The van der Waals surface area contributed by atoms with Crippen molar-refractivity contribution in [2.75, 3.05) is 7.05 Å². The Kier molecular flexibility index (Phi) is 5.86. The molecule has 0 unspecified atom stereocenters. The Balaban J connectivity index is 1.63. The van der Waals surface area contributed by atoms with Gasteiger partial charge in [0.1, 0.15) is 23.9 Å². The zero-order valence-electron chi connectivity index (χ0n) is 14.6. The fourth-order valence-electron chi connectivity index (χ4n) is 2.41. The average molecular weight is 457 g/mol. The van der Waals surface area contributed by atoms with Crippen molar-refractivity contribution in [1.82, 2.24) is 14.7 Å². The van der Waals surface area contributed by atoms with E-state index >= 15 is 0 Å². The molecule has 142 valence electrons. The van der Waals surface area contributed by atoms with Gasteiger partial charge in [-0.15, -0.1) is 0 Å². The highest BCUT2D eigenvalue weighted by atomic mass is 79.9. The maximum Gasteiger partial charge on any atom is 0.289 e. The summed E-state index contributed by atoms with van der Waals surface area (Å²) in [6.07, 6.45) is 1.68. The Labute approximate surface area is 168 Å². The van der Waals surface area contributed by atoms with Crippen molar-refractivity contribution in [1.29, 1.82) is 0 Å². The SMILES string of the molecule is CN(Cc1c(Br)cnn1C)C(=O)c1ccc(COc2ccc(F)cc2Cl)o1. The van der Waals surface area contributed by atoms with Gasteiger partial charge in [0, 0.05) is 14.1 Å². The number of halogens is 3. The molecule has 0 aliphatic carbocycles. The molecule has 9 heteroatoms. The van der Waals surface area contributed by atoms with Gasteiger partial charge in [0.25, 0.3) is 5.91 Å². The molecule has 0 fully saturated rings. The first kappa shape index (κ1) is 19.4. The first-order chi connectivity index (χ1) is 12.8. The third kappa shape index (κ3) is 4.51. The number of hydrogen-bond donors (Lipinski definition) is 0. The highest BCUT2D eigenvalue weighted by Crippen LogP contribution is 2.26. The van der Waals surface area contributed by atoms with Gasteiger partial charge in [-0.1, -0.05) is 11.6 Å². The predicted octanol–water partition coefficient (Wildman–Crippen LogP) is 4.42. The monoisotopic (exact) mass is 455 g/mol. The molecule has 3 rings (SSSR count). The van der Waals surface area contributed by atoms with E-state index in [9.17, 15) is 9.18 Å². The van der Waals surface area contributed by atoms with E-state index in [-0.39, 0.29) is 23.3 Å². The summed E-state index contributed by atoms with van der Waals surface area (Å²) in [5.41, 5.74) is 0.868. The molecule has 0 spiro atoms. The zero-order chi connectivity index (χ0) is 19.6. The number of nitrogens with zero attached hydrogens (tertiary/aromatic N) is 3. The molecule has 3 aromatic rings. The molecule has 0 saturated carbocycles. The third-order valence-electron chi connectivity index (χ3n) is 3.88. The molecule has 0 radical (unpaired) electrons. The van der Waals surface area contributed by atoms with Gasteiger partial charge in [-0.25, -0.2) is 4.39 Å². The van der Waals surface area contributed by atoms with Crippen LogP contribution in [-0.4, -0.2) is 27.6 Å². The van der Waals surface area contributed by atoms with Crippen LogP contribution in [0.4, 0.5) is 4.39 Å². The lowest BCUT2D eigenvalue weighted by molar-refractivity contribution is 0.0746. The lowest BCUT2D eigenvalue weighted by Gasteiger charge is -2.16. The van der Waals surface area contributed by atoms with Crippen LogP contribution in [0, 0.1) is 5.82 Å². The molecule has 2 heterocycles. The molecule has 0 aliphatic rings. The number of ether oxygens (including phenoxy) is 1. The second-order valence-electron chi connectivity index (χ2n) is 5.85. The van der Waals surface area contributed by atoms with E-state index in [1.54, 1.807) is 37.1 Å². The summed E-state index contributed by atoms with van der Waals surface area (Å²) < 4.78 is 26.7. The fourth-order valence-corrected chi connectivity index (χ4v) is 3.11. The Bertz CT molecular complexity index is 953. The van der Waals surface area contributed by atoms with Crippen molar-refractivity contribution in [3.8, 4) is 5.75 Å². The molecule has 27 heavy (non-hydrogen) atoms. The van der Waals surface area contributed by atoms with Gasteiger partial charge in [0.15, 0.2) is 5.76 Å². The zero-order valence-corrected chi connectivity index (χ0v) is 16.9. The maximum atomic E-state index is 13.1. The van der Waals surface area contributed by atoms with Crippen LogP contribution >= 0.6 is 27.5 Å². The van der Waals surface area contributed by atoms with Crippen molar-refractivity contribution in [3.05, 3.63) is 69.1 Å². The lowest BCUT2D eigenvalue weighted by Crippen LogP contribution is -2.27. The van der Waals surface area contributed by atoms with E-state index in [2.05, 4.69) is 21.0 Å². The largest absolute Gasteiger partial charge is 0.484 e. The van der Waals surface area contributed by atoms with Crippen molar-refractivity contribution in [2.24, 2.45) is 7.05 Å². The number of furan rings is 1. The van der Waals surface area contributed by atoms with Crippen LogP contribution in [-0.2, 0) is 20.2 Å². The molecule has 0 bridgehead atoms. The van der Waals surface area contributed by atoms with Crippen LogP contribution in [0.5, 0.6) is 5.75 Å². The number of aryl methyl sites for hydroxylation is 1. The summed E-state index contributed by atoms with van der Waals surface area (Å²) in [7, 11) is 3.49. The first-order valence-electron chi connectivity index (χ1n) is 7.93. The van der Waals surface area contributed by atoms with Crippen LogP contribution < -0.4 is 4.74 Å². The van der Waals surface area contributed by atoms with Gasteiger partial charge in [-0.3, -0.25) is 9.48 Å².